The smallest absolute Gasteiger partial charge is 0.0798 e. The number of nitrogens with zero attached hydrogens (tertiary/aromatic N) is 1. The summed E-state index contributed by atoms with van der Waals surface area (Å²) in [6, 6.07) is 0.783. The zero-order valence-electron chi connectivity index (χ0n) is 10.2. The van der Waals surface area contributed by atoms with Gasteiger partial charge in [-0.15, -0.1) is 11.3 Å². The van der Waals surface area contributed by atoms with Gasteiger partial charge in [-0.05, 0) is 33.6 Å². The Morgan fingerprint density at radius 2 is 2.38 bits per heavy atom. The first kappa shape index (κ1) is 12.0. The summed E-state index contributed by atoms with van der Waals surface area (Å²) in [6.07, 6.45) is 2.77. The van der Waals surface area contributed by atoms with Crippen LogP contribution >= 0.6 is 11.3 Å². The topological polar surface area (TPSA) is 34.2 Å². The van der Waals surface area contributed by atoms with Crippen molar-refractivity contribution in [3.8, 4) is 0 Å². The lowest BCUT2D eigenvalue weighted by Crippen LogP contribution is -2.38. The Kier molecular flexibility index (Phi) is 3.95. The molecule has 1 N–H and O–H groups in total. The first-order valence-electron chi connectivity index (χ1n) is 5.96. The average molecular weight is 240 g/mol. The predicted molar refractivity (Wildman–Crippen MR) is 66.8 cm³/mol. The zero-order chi connectivity index (χ0) is 11.5. The summed E-state index contributed by atoms with van der Waals surface area (Å²) in [4.78, 5) is 5.63. The van der Waals surface area contributed by atoms with E-state index in [-0.39, 0.29) is 0 Å². The van der Waals surface area contributed by atoms with E-state index in [2.05, 4.69) is 31.1 Å². The van der Waals surface area contributed by atoms with Gasteiger partial charge in [0, 0.05) is 23.6 Å². The molecular weight excluding hydrogens is 220 g/mol. The minimum Gasteiger partial charge on any atom is -0.377 e. The van der Waals surface area contributed by atoms with E-state index >= 15 is 0 Å². The molecule has 90 valence electrons. The van der Waals surface area contributed by atoms with Crippen molar-refractivity contribution in [3.63, 3.8) is 0 Å². The van der Waals surface area contributed by atoms with Crippen LogP contribution in [0.2, 0.25) is 0 Å². The maximum atomic E-state index is 5.69. The molecule has 0 aromatic carbocycles. The van der Waals surface area contributed by atoms with Crippen molar-refractivity contribution in [1.82, 2.24) is 10.3 Å². The quantitative estimate of drug-likeness (QED) is 0.878. The molecule has 0 spiro atoms. The molecular formula is C12H20N2OS. The predicted octanol–water partition coefficient (Wildman–Crippen LogP) is 2.67. The lowest BCUT2D eigenvalue weighted by Gasteiger charge is -2.24. The second-order valence-corrected chi connectivity index (χ2v) is 5.42. The third-order valence-corrected chi connectivity index (χ3v) is 4.33. The van der Waals surface area contributed by atoms with Crippen LogP contribution < -0.4 is 5.32 Å². The highest BCUT2D eigenvalue weighted by Crippen LogP contribution is 2.23. The minimum absolute atomic E-state index is 0.367. The van der Waals surface area contributed by atoms with Crippen LogP contribution in [0.25, 0.3) is 0 Å². The molecule has 1 aliphatic heterocycles. The van der Waals surface area contributed by atoms with Crippen molar-refractivity contribution in [1.29, 1.82) is 0 Å². The summed E-state index contributed by atoms with van der Waals surface area (Å²) in [6.45, 7) is 7.40. The van der Waals surface area contributed by atoms with Crippen LogP contribution in [0, 0.1) is 6.92 Å². The van der Waals surface area contributed by atoms with E-state index in [9.17, 15) is 0 Å². The number of aromatic nitrogens is 1. The monoisotopic (exact) mass is 240 g/mol. The molecule has 1 aromatic heterocycles. The standard InChI is InChI=1S/C12H20N2OS/c1-8(11-5-4-6-15-11)14-10(3)12-9(2)13-7-16-12/h7-8,10-11,14H,4-6H2,1-3H3. The third-order valence-electron chi connectivity index (χ3n) is 3.21. The van der Waals surface area contributed by atoms with Gasteiger partial charge >= 0.3 is 0 Å². The Morgan fingerprint density at radius 3 is 2.94 bits per heavy atom. The molecule has 1 saturated heterocycles. The number of nitrogens with one attached hydrogen (secondary N) is 1. The molecule has 4 heteroatoms. The molecule has 3 unspecified atom stereocenters. The van der Waals surface area contributed by atoms with E-state index in [4.69, 9.17) is 4.74 Å². The maximum Gasteiger partial charge on any atom is 0.0798 e. The number of hydrogen-bond donors (Lipinski definition) is 1. The molecule has 1 aliphatic rings. The van der Waals surface area contributed by atoms with E-state index in [1.807, 2.05) is 5.51 Å². The fourth-order valence-corrected chi connectivity index (χ4v) is 3.12. The van der Waals surface area contributed by atoms with E-state index in [1.165, 1.54) is 17.7 Å². The molecule has 0 bridgehead atoms. The average Bonchev–Trinajstić information content (AvgIpc) is 2.86. The summed E-state index contributed by atoms with van der Waals surface area (Å²) in [7, 11) is 0. The lowest BCUT2D eigenvalue weighted by atomic mass is 10.1. The van der Waals surface area contributed by atoms with Crippen LogP contribution in [-0.4, -0.2) is 23.7 Å². The fraction of sp³-hybridized carbons (Fsp3) is 0.750. The van der Waals surface area contributed by atoms with Crippen LogP contribution in [0.5, 0.6) is 0 Å². The second-order valence-electron chi connectivity index (χ2n) is 4.53. The van der Waals surface area contributed by atoms with Crippen molar-refractivity contribution in [2.45, 2.75) is 51.8 Å². The molecule has 3 atom stereocenters. The molecule has 3 nitrogen and oxygen atoms in total. The molecule has 0 amide bonds. The van der Waals surface area contributed by atoms with Crippen LogP contribution in [0.4, 0.5) is 0 Å². The Morgan fingerprint density at radius 1 is 1.56 bits per heavy atom. The maximum absolute atomic E-state index is 5.69. The van der Waals surface area contributed by atoms with Crippen molar-refractivity contribution >= 4 is 11.3 Å². The van der Waals surface area contributed by atoms with E-state index in [0.29, 0.717) is 18.2 Å². The van der Waals surface area contributed by atoms with Gasteiger partial charge in [0.2, 0.25) is 0 Å². The van der Waals surface area contributed by atoms with E-state index in [0.717, 1.165) is 12.3 Å². The van der Waals surface area contributed by atoms with Gasteiger partial charge in [0.25, 0.3) is 0 Å². The largest absolute Gasteiger partial charge is 0.377 e. The van der Waals surface area contributed by atoms with Gasteiger partial charge < -0.3 is 10.1 Å². The van der Waals surface area contributed by atoms with Gasteiger partial charge in [-0.3, -0.25) is 0 Å². The summed E-state index contributed by atoms with van der Waals surface area (Å²) in [5.74, 6) is 0. The van der Waals surface area contributed by atoms with Gasteiger partial charge in [0.05, 0.1) is 17.3 Å². The Hall–Kier alpha value is -0.450. The van der Waals surface area contributed by atoms with E-state index in [1.54, 1.807) is 11.3 Å². The number of aryl methyl sites for hydroxylation is 1. The highest BCUT2D eigenvalue weighted by atomic mass is 32.1. The number of hydrogen-bond acceptors (Lipinski definition) is 4. The van der Waals surface area contributed by atoms with Crippen molar-refractivity contribution in [2.24, 2.45) is 0 Å². The van der Waals surface area contributed by atoms with Crippen LogP contribution in [-0.2, 0) is 4.74 Å². The highest BCUT2D eigenvalue weighted by molar-refractivity contribution is 7.09. The first-order valence-corrected chi connectivity index (χ1v) is 6.84. The Bertz CT molecular complexity index is 334. The highest BCUT2D eigenvalue weighted by Gasteiger charge is 2.24. The molecule has 2 heterocycles. The summed E-state index contributed by atoms with van der Waals surface area (Å²) in [5, 5.41) is 3.61. The SMILES string of the molecule is Cc1ncsc1C(C)NC(C)C1CCCO1. The molecule has 1 fully saturated rings. The van der Waals surface area contributed by atoms with E-state index < -0.39 is 0 Å². The summed E-state index contributed by atoms with van der Waals surface area (Å²) < 4.78 is 5.69. The molecule has 0 aliphatic carbocycles. The molecule has 0 saturated carbocycles. The lowest BCUT2D eigenvalue weighted by molar-refractivity contribution is 0.0805. The summed E-state index contributed by atoms with van der Waals surface area (Å²) in [5.41, 5.74) is 3.06. The second kappa shape index (κ2) is 5.25. The number of thiazole rings is 1. The molecule has 0 radical (unpaired) electrons. The van der Waals surface area contributed by atoms with Crippen LogP contribution in [0.1, 0.15) is 43.3 Å². The number of rotatable bonds is 4. The van der Waals surface area contributed by atoms with Gasteiger partial charge in [-0.1, -0.05) is 0 Å². The fourth-order valence-electron chi connectivity index (χ4n) is 2.30. The third kappa shape index (κ3) is 2.62. The zero-order valence-corrected chi connectivity index (χ0v) is 11.0. The van der Waals surface area contributed by atoms with Gasteiger partial charge in [0.1, 0.15) is 0 Å². The molecule has 16 heavy (non-hydrogen) atoms. The summed E-state index contributed by atoms with van der Waals surface area (Å²) >= 11 is 1.73. The van der Waals surface area contributed by atoms with Crippen molar-refractivity contribution < 1.29 is 4.74 Å². The minimum atomic E-state index is 0.367. The van der Waals surface area contributed by atoms with Crippen LogP contribution in [0.3, 0.4) is 0 Å². The van der Waals surface area contributed by atoms with Crippen molar-refractivity contribution in [2.75, 3.05) is 6.61 Å². The Balaban J connectivity index is 1.91. The normalized spacial score (nSPS) is 24.6. The number of ether oxygens (including phenoxy) is 1. The van der Waals surface area contributed by atoms with Gasteiger partial charge in [-0.2, -0.15) is 0 Å². The van der Waals surface area contributed by atoms with Gasteiger partial charge in [-0.25, -0.2) is 4.98 Å². The molecule has 1 aromatic rings. The van der Waals surface area contributed by atoms with Crippen molar-refractivity contribution in [3.05, 3.63) is 16.1 Å². The van der Waals surface area contributed by atoms with Crippen LogP contribution in [0.15, 0.2) is 5.51 Å². The van der Waals surface area contributed by atoms with Gasteiger partial charge in [0.15, 0.2) is 0 Å². The Labute approximate surface area is 101 Å². The first-order chi connectivity index (χ1) is 7.68. The molecule has 2 rings (SSSR count).